The fourth-order valence-electron chi connectivity index (χ4n) is 2.77. The summed E-state index contributed by atoms with van der Waals surface area (Å²) in [7, 11) is -2.75. The molecular weight excluding hydrogens is 470 g/mol. The lowest BCUT2D eigenvalue weighted by molar-refractivity contribution is 0.103. The first-order valence-corrected chi connectivity index (χ1v) is 10.7. The van der Waals surface area contributed by atoms with E-state index in [9.17, 15) is 17.6 Å². The Bertz CT molecular complexity index is 1230. The minimum absolute atomic E-state index is 0.0229. The van der Waals surface area contributed by atoms with E-state index in [1.54, 1.807) is 20.0 Å². The topological polar surface area (TPSA) is 95.2 Å². The van der Waals surface area contributed by atoms with Crippen molar-refractivity contribution in [2.75, 3.05) is 18.3 Å². The summed E-state index contributed by atoms with van der Waals surface area (Å²) >= 11 is 3.32. The number of benzene rings is 1. The molecule has 0 unspecified atom stereocenters. The number of hydrogen-bond donors (Lipinski definition) is 2. The van der Waals surface area contributed by atoms with Gasteiger partial charge in [0.25, 0.3) is 0 Å². The number of anilines is 1. The molecule has 3 rings (SSSR count). The van der Waals surface area contributed by atoms with Crippen molar-refractivity contribution >= 4 is 48.6 Å². The molecule has 11 heteroatoms. The molecule has 2 heterocycles. The number of nitrogens with one attached hydrogen (secondary N) is 2. The Morgan fingerprint density at radius 2 is 2.03 bits per heavy atom. The standard InChI is InChI=1S/C18H17BrF2N4O3S/c1-4-25(3)29(27,28)24-13-6-5-12(20)15(16(13)21)17(26)10-7-22-18-14(10)9(2)11(19)8-23-18/h5-8,24H,4H2,1-3H3,(H,22,23). The maximum Gasteiger partial charge on any atom is 0.301 e. The Hall–Kier alpha value is -2.37. The number of halogens is 3. The summed E-state index contributed by atoms with van der Waals surface area (Å²) < 4.78 is 57.4. The number of H-pyrrole nitrogens is 1. The summed E-state index contributed by atoms with van der Waals surface area (Å²) in [5, 5.41) is 0.417. The lowest BCUT2D eigenvalue weighted by Gasteiger charge is -2.17. The van der Waals surface area contributed by atoms with Gasteiger partial charge in [0.1, 0.15) is 11.5 Å². The highest BCUT2D eigenvalue weighted by Crippen LogP contribution is 2.31. The molecule has 2 aromatic heterocycles. The van der Waals surface area contributed by atoms with Crippen LogP contribution in [0.15, 0.2) is 29.0 Å². The Morgan fingerprint density at radius 3 is 2.69 bits per heavy atom. The van der Waals surface area contributed by atoms with Gasteiger partial charge in [-0.05, 0) is 40.5 Å². The Kier molecular flexibility index (Phi) is 5.74. The summed E-state index contributed by atoms with van der Waals surface area (Å²) in [4.78, 5) is 19.9. The van der Waals surface area contributed by atoms with E-state index in [-0.39, 0.29) is 12.1 Å². The van der Waals surface area contributed by atoms with E-state index in [2.05, 4.69) is 25.9 Å². The molecule has 0 atom stereocenters. The highest BCUT2D eigenvalue weighted by Gasteiger charge is 2.27. The molecular formula is C18H17BrF2N4O3S. The van der Waals surface area contributed by atoms with E-state index in [4.69, 9.17) is 0 Å². The second kappa shape index (κ2) is 7.81. The molecule has 1 aromatic carbocycles. The highest BCUT2D eigenvalue weighted by molar-refractivity contribution is 9.10. The summed E-state index contributed by atoms with van der Waals surface area (Å²) in [5.74, 6) is -3.33. The van der Waals surface area contributed by atoms with Gasteiger partial charge in [0.15, 0.2) is 5.82 Å². The first kappa shape index (κ1) is 21.3. The summed E-state index contributed by atoms with van der Waals surface area (Å²) in [5.41, 5.74) is -0.302. The lowest BCUT2D eigenvalue weighted by Crippen LogP contribution is -2.32. The third-order valence-electron chi connectivity index (χ3n) is 4.56. The van der Waals surface area contributed by atoms with E-state index in [0.717, 1.165) is 16.4 Å². The van der Waals surface area contributed by atoms with Gasteiger partial charge in [0.05, 0.1) is 16.8 Å². The molecule has 29 heavy (non-hydrogen) atoms. The number of carbonyl (C=O) groups is 1. The van der Waals surface area contributed by atoms with Gasteiger partial charge in [-0.2, -0.15) is 12.7 Å². The third-order valence-corrected chi connectivity index (χ3v) is 6.91. The SMILES string of the molecule is CCN(C)S(=O)(=O)Nc1ccc(F)c(C(=O)c2c[nH]c3ncc(Br)c(C)c23)c1F. The number of ketones is 1. The predicted octanol–water partition coefficient (Wildman–Crippen LogP) is 3.75. The molecule has 0 aliphatic carbocycles. The van der Waals surface area contributed by atoms with Gasteiger partial charge >= 0.3 is 10.2 Å². The van der Waals surface area contributed by atoms with Crippen LogP contribution in [0.4, 0.5) is 14.5 Å². The van der Waals surface area contributed by atoms with Gasteiger partial charge in [0.2, 0.25) is 5.78 Å². The molecule has 0 radical (unpaired) electrons. The minimum Gasteiger partial charge on any atom is -0.345 e. The highest BCUT2D eigenvalue weighted by atomic mass is 79.9. The number of nitrogens with zero attached hydrogens (tertiary/aromatic N) is 2. The smallest absolute Gasteiger partial charge is 0.301 e. The molecule has 0 saturated carbocycles. The molecule has 0 amide bonds. The second-order valence-corrected chi connectivity index (χ2v) is 8.92. The van der Waals surface area contributed by atoms with Crippen molar-refractivity contribution < 1.29 is 22.0 Å². The zero-order valence-corrected chi connectivity index (χ0v) is 18.1. The monoisotopic (exact) mass is 486 g/mol. The molecule has 2 N–H and O–H groups in total. The number of hydrogen-bond acceptors (Lipinski definition) is 4. The fraction of sp³-hybridized carbons (Fsp3) is 0.222. The number of aromatic nitrogens is 2. The number of rotatable bonds is 6. The maximum atomic E-state index is 15.0. The molecule has 7 nitrogen and oxygen atoms in total. The van der Waals surface area contributed by atoms with E-state index in [0.29, 0.717) is 21.1 Å². The van der Waals surface area contributed by atoms with E-state index >= 15 is 4.39 Å². The number of fused-ring (bicyclic) bond motifs is 1. The van der Waals surface area contributed by atoms with E-state index in [1.165, 1.54) is 13.2 Å². The molecule has 0 aliphatic rings. The summed E-state index contributed by atoms with van der Waals surface area (Å²) in [6.45, 7) is 3.47. The molecule has 0 spiro atoms. The van der Waals surface area contributed by atoms with Crippen LogP contribution in [0, 0.1) is 18.6 Å². The zero-order chi connectivity index (χ0) is 21.5. The van der Waals surface area contributed by atoms with Crippen molar-refractivity contribution in [3.63, 3.8) is 0 Å². The van der Waals surface area contributed by atoms with Crippen LogP contribution in [0.25, 0.3) is 11.0 Å². The first-order chi connectivity index (χ1) is 13.6. The van der Waals surface area contributed by atoms with Crippen LogP contribution in [-0.2, 0) is 10.2 Å². The van der Waals surface area contributed by atoms with Crippen LogP contribution in [0.1, 0.15) is 28.4 Å². The summed E-state index contributed by atoms with van der Waals surface area (Å²) in [6, 6.07) is 1.77. The number of aryl methyl sites for hydroxylation is 1. The van der Waals surface area contributed by atoms with Crippen LogP contribution in [0.5, 0.6) is 0 Å². The quantitative estimate of drug-likeness (QED) is 0.518. The molecule has 3 aromatic rings. The van der Waals surface area contributed by atoms with Crippen molar-refractivity contribution in [2.24, 2.45) is 0 Å². The molecule has 154 valence electrons. The van der Waals surface area contributed by atoms with Crippen molar-refractivity contribution in [1.82, 2.24) is 14.3 Å². The van der Waals surface area contributed by atoms with Gasteiger partial charge in [-0.15, -0.1) is 0 Å². The average Bonchev–Trinajstić information content (AvgIpc) is 3.11. The van der Waals surface area contributed by atoms with Crippen LogP contribution in [0.3, 0.4) is 0 Å². The second-order valence-electron chi connectivity index (χ2n) is 6.29. The Labute approximate surface area is 174 Å². The number of pyridine rings is 1. The molecule has 0 saturated heterocycles. The van der Waals surface area contributed by atoms with Gasteiger partial charge in [-0.1, -0.05) is 6.92 Å². The number of carbonyl (C=O) groups excluding carboxylic acids is 1. The first-order valence-electron chi connectivity index (χ1n) is 8.47. The zero-order valence-electron chi connectivity index (χ0n) is 15.7. The normalized spacial score (nSPS) is 12.0. The number of aromatic amines is 1. The fourth-order valence-corrected chi connectivity index (χ4v) is 4.00. The van der Waals surface area contributed by atoms with Crippen molar-refractivity contribution in [1.29, 1.82) is 0 Å². The average molecular weight is 487 g/mol. The van der Waals surface area contributed by atoms with Gasteiger partial charge < -0.3 is 4.98 Å². The Morgan fingerprint density at radius 1 is 1.34 bits per heavy atom. The molecule has 0 aliphatic heterocycles. The van der Waals surface area contributed by atoms with Crippen LogP contribution >= 0.6 is 15.9 Å². The third kappa shape index (κ3) is 3.77. The van der Waals surface area contributed by atoms with Crippen LogP contribution in [0.2, 0.25) is 0 Å². The minimum atomic E-state index is -4.05. The van der Waals surface area contributed by atoms with Gasteiger partial charge in [-0.3, -0.25) is 9.52 Å². The van der Waals surface area contributed by atoms with Crippen LogP contribution in [-0.4, -0.2) is 42.1 Å². The largest absolute Gasteiger partial charge is 0.345 e. The van der Waals surface area contributed by atoms with E-state index in [1.807, 2.05) is 4.72 Å². The molecule has 0 bridgehead atoms. The van der Waals surface area contributed by atoms with Crippen molar-refractivity contribution in [3.05, 3.63) is 57.3 Å². The van der Waals surface area contributed by atoms with Crippen LogP contribution < -0.4 is 4.72 Å². The van der Waals surface area contributed by atoms with Crippen molar-refractivity contribution in [2.45, 2.75) is 13.8 Å². The van der Waals surface area contributed by atoms with E-state index < -0.39 is 38.9 Å². The predicted molar refractivity (Wildman–Crippen MR) is 109 cm³/mol. The lowest BCUT2D eigenvalue weighted by atomic mass is 10.00. The summed E-state index contributed by atoms with van der Waals surface area (Å²) in [6.07, 6.45) is 2.86. The van der Waals surface area contributed by atoms with Gasteiger partial charge in [-0.25, -0.2) is 13.8 Å². The molecule has 0 fully saturated rings. The van der Waals surface area contributed by atoms with Gasteiger partial charge in [0, 0.05) is 35.8 Å². The van der Waals surface area contributed by atoms with Crippen molar-refractivity contribution in [3.8, 4) is 0 Å². The Balaban J connectivity index is 2.13. The maximum absolute atomic E-state index is 15.0.